The van der Waals surface area contributed by atoms with Crippen molar-refractivity contribution in [3.05, 3.63) is 66.0 Å². The lowest BCUT2D eigenvalue weighted by Crippen LogP contribution is -2.13. The highest BCUT2D eigenvalue weighted by atomic mass is 32.2. The van der Waals surface area contributed by atoms with Crippen molar-refractivity contribution < 1.29 is 9.18 Å². The molecule has 0 aliphatic heterocycles. The van der Waals surface area contributed by atoms with Crippen LogP contribution in [0.15, 0.2) is 58.9 Å². The SMILES string of the molecule is O=C(CSc1nnc(NCc2ccc(F)cc2)s1)Nc1ccccc1. The van der Waals surface area contributed by atoms with Crippen molar-refractivity contribution in [2.75, 3.05) is 16.4 Å². The quantitative estimate of drug-likeness (QED) is 0.612. The molecule has 3 rings (SSSR count). The predicted octanol–water partition coefficient (Wildman–Crippen LogP) is 4.02. The minimum atomic E-state index is -0.257. The van der Waals surface area contributed by atoms with Gasteiger partial charge in [0.25, 0.3) is 0 Å². The number of hydrogen-bond donors (Lipinski definition) is 2. The highest BCUT2D eigenvalue weighted by Crippen LogP contribution is 2.25. The third-order valence-corrected chi connectivity index (χ3v) is 5.16. The number of benzene rings is 2. The van der Waals surface area contributed by atoms with Gasteiger partial charge in [0.2, 0.25) is 11.0 Å². The number of nitrogens with one attached hydrogen (secondary N) is 2. The van der Waals surface area contributed by atoms with Crippen molar-refractivity contribution in [3.63, 3.8) is 0 Å². The summed E-state index contributed by atoms with van der Waals surface area (Å²) in [4.78, 5) is 11.9. The average molecular weight is 374 g/mol. The van der Waals surface area contributed by atoms with E-state index in [2.05, 4.69) is 20.8 Å². The van der Waals surface area contributed by atoms with E-state index in [1.54, 1.807) is 12.1 Å². The number of para-hydroxylation sites is 1. The van der Waals surface area contributed by atoms with Gasteiger partial charge in [0.1, 0.15) is 5.82 Å². The maximum atomic E-state index is 12.9. The van der Waals surface area contributed by atoms with Crippen LogP contribution < -0.4 is 10.6 Å². The topological polar surface area (TPSA) is 66.9 Å². The van der Waals surface area contributed by atoms with Crippen molar-refractivity contribution in [1.82, 2.24) is 10.2 Å². The molecule has 2 N–H and O–H groups in total. The van der Waals surface area contributed by atoms with Gasteiger partial charge in [-0.1, -0.05) is 53.4 Å². The summed E-state index contributed by atoms with van der Waals surface area (Å²) < 4.78 is 13.6. The first-order valence-electron chi connectivity index (χ1n) is 7.48. The lowest BCUT2D eigenvalue weighted by atomic mass is 10.2. The van der Waals surface area contributed by atoms with E-state index in [9.17, 15) is 9.18 Å². The second-order valence-electron chi connectivity index (χ2n) is 5.06. The molecule has 8 heteroatoms. The molecule has 1 heterocycles. The molecule has 0 saturated carbocycles. The number of halogens is 1. The smallest absolute Gasteiger partial charge is 0.234 e. The van der Waals surface area contributed by atoms with Crippen LogP contribution in [0.25, 0.3) is 0 Å². The first kappa shape index (κ1) is 17.4. The standard InChI is InChI=1S/C17H15FN4OS2/c18-13-8-6-12(7-9-13)10-19-16-21-22-17(25-16)24-11-15(23)20-14-4-2-1-3-5-14/h1-9H,10-11H2,(H,19,21)(H,20,23). The molecule has 0 aliphatic rings. The molecule has 0 radical (unpaired) electrons. The largest absolute Gasteiger partial charge is 0.356 e. The lowest BCUT2D eigenvalue weighted by molar-refractivity contribution is -0.113. The highest BCUT2D eigenvalue weighted by Gasteiger charge is 2.08. The van der Waals surface area contributed by atoms with Crippen molar-refractivity contribution in [2.24, 2.45) is 0 Å². The van der Waals surface area contributed by atoms with E-state index >= 15 is 0 Å². The van der Waals surface area contributed by atoms with Crippen molar-refractivity contribution in [3.8, 4) is 0 Å². The zero-order chi connectivity index (χ0) is 17.5. The molecule has 0 unspecified atom stereocenters. The maximum Gasteiger partial charge on any atom is 0.234 e. The van der Waals surface area contributed by atoms with Crippen LogP contribution in [0.3, 0.4) is 0 Å². The van der Waals surface area contributed by atoms with Gasteiger partial charge in [-0.3, -0.25) is 4.79 Å². The van der Waals surface area contributed by atoms with E-state index in [1.165, 1.54) is 35.2 Å². The molecule has 1 aromatic heterocycles. The van der Waals surface area contributed by atoms with Gasteiger partial charge in [0, 0.05) is 12.2 Å². The summed E-state index contributed by atoms with van der Waals surface area (Å²) in [6.45, 7) is 0.536. The fraction of sp³-hybridized carbons (Fsp3) is 0.118. The van der Waals surface area contributed by atoms with E-state index < -0.39 is 0 Å². The molecule has 0 fully saturated rings. The molecular weight excluding hydrogens is 359 g/mol. The van der Waals surface area contributed by atoms with E-state index in [0.29, 0.717) is 16.0 Å². The minimum Gasteiger partial charge on any atom is -0.356 e. The second-order valence-corrected chi connectivity index (χ2v) is 7.26. The Morgan fingerprint density at radius 3 is 2.60 bits per heavy atom. The Balaban J connectivity index is 1.45. The Labute approximate surface area is 152 Å². The molecule has 5 nitrogen and oxygen atoms in total. The molecule has 25 heavy (non-hydrogen) atoms. The summed E-state index contributed by atoms with van der Waals surface area (Å²) in [5, 5.41) is 14.7. The second kappa shape index (κ2) is 8.59. The van der Waals surface area contributed by atoms with Gasteiger partial charge in [-0.2, -0.15) is 0 Å². The average Bonchev–Trinajstić information content (AvgIpc) is 3.08. The summed E-state index contributed by atoms with van der Waals surface area (Å²) in [5.74, 6) is -0.0825. The van der Waals surface area contributed by atoms with Crippen LogP contribution in [0.4, 0.5) is 15.2 Å². The van der Waals surface area contributed by atoms with Crippen LogP contribution in [-0.4, -0.2) is 21.9 Å². The number of carbonyl (C=O) groups excluding carboxylic acids is 1. The van der Waals surface area contributed by atoms with Crippen molar-refractivity contribution in [1.29, 1.82) is 0 Å². The normalized spacial score (nSPS) is 10.4. The number of thioether (sulfide) groups is 1. The number of amides is 1. The third-order valence-electron chi connectivity index (χ3n) is 3.15. The Morgan fingerprint density at radius 2 is 1.84 bits per heavy atom. The summed E-state index contributed by atoms with van der Waals surface area (Å²) in [6.07, 6.45) is 0. The van der Waals surface area contributed by atoms with Gasteiger partial charge in [0.15, 0.2) is 4.34 Å². The zero-order valence-electron chi connectivity index (χ0n) is 13.1. The Bertz CT molecular complexity index is 824. The fourth-order valence-electron chi connectivity index (χ4n) is 1.97. The van der Waals surface area contributed by atoms with Crippen LogP contribution in [0, 0.1) is 5.82 Å². The van der Waals surface area contributed by atoms with Gasteiger partial charge in [-0.05, 0) is 29.8 Å². The minimum absolute atomic E-state index is 0.0905. The molecule has 0 atom stereocenters. The Kier molecular flexibility index (Phi) is 5.97. The third kappa shape index (κ3) is 5.54. The van der Waals surface area contributed by atoms with Crippen LogP contribution in [0.1, 0.15) is 5.56 Å². The van der Waals surface area contributed by atoms with E-state index in [4.69, 9.17) is 0 Å². The molecule has 1 amide bonds. The first-order valence-corrected chi connectivity index (χ1v) is 9.29. The van der Waals surface area contributed by atoms with Crippen molar-refractivity contribution >= 4 is 39.8 Å². The van der Waals surface area contributed by atoms with Gasteiger partial charge in [-0.25, -0.2) is 4.39 Å². The summed E-state index contributed by atoms with van der Waals surface area (Å²) in [7, 11) is 0. The van der Waals surface area contributed by atoms with Gasteiger partial charge in [-0.15, -0.1) is 10.2 Å². The summed E-state index contributed by atoms with van der Waals surface area (Å²) in [6, 6.07) is 15.6. The predicted molar refractivity (Wildman–Crippen MR) is 99.4 cm³/mol. The number of aromatic nitrogens is 2. The zero-order valence-corrected chi connectivity index (χ0v) is 14.7. The molecule has 0 bridgehead atoms. The van der Waals surface area contributed by atoms with Gasteiger partial charge in [0.05, 0.1) is 5.75 Å². The Morgan fingerprint density at radius 1 is 1.08 bits per heavy atom. The van der Waals surface area contributed by atoms with Gasteiger partial charge < -0.3 is 10.6 Å². The number of nitrogens with zero attached hydrogens (tertiary/aromatic N) is 2. The molecular formula is C17H15FN4OS2. The Hall–Kier alpha value is -2.45. The van der Waals surface area contributed by atoms with E-state index in [1.807, 2.05) is 30.3 Å². The van der Waals surface area contributed by atoms with Crippen LogP contribution >= 0.6 is 23.1 Å². The number of hydrogen-bond acceptors (Lipinski definition) is 6. The lowest BCUT2D eigenvalue weighted by Gasteiger charge is -2.03. The molecule has 0 aliphatic carbocycles. The molecule has 2 aromatic carbocycles. The maximum absolute atomic E-state index is 12.9. The van der Waals surface area contributed by atoms with Crippen LogP contribution in [0.5, 0.6) is 0 Å². The van der Waals surface area contributed by atoms with Crippen molar-refractivity contribution in [2.45, 2.75) is 10.9 Å². The highest BCUT2D eigenvalue weighted by molar-refractivity contribution is 8.01. The molecule has 3 aromatic rings. The van der Waals surface area contributed by atoms with Crippen LogP contribution in [0.2, 0.25) is 0 Å². The first-order chi connectivity index (χ1) is 12.2. The molecule has 128 valence electrons. The number of carbonyl (C=O) groups is 1. The summed E-state index contributed by atoms with van der Waals surface area (Å²) in [5.41, 5.74) is 1.72. The molecule has 0 saturated heterocycles. The number of rotatable bonds is 7. The van der Waals surface area contributed by atoms with Gasteiger partial charge >= 0.3 is 0 Å². The molecule has 0 spiro atoms. The number of anilines is 2. The van der Waals surface area contributed by atoms with E-state index in [0.717, 1.165) is 11.3 Å². The van der Waals surface area contributed by atoms with E-state index in [-0.39, 0.29) is 17.5 Å². The van der Waals surface area contributed by atoms with Crippen LogP contribution in [-0.2, 0) is 11.3 Å². The summed E-state index contributed by atoms with van der Waals surface area (Å²) >= 11 is 2.71. The monoisotopic (exact) mass is 374 g/mol. The fourth-order valence-corrected chi connectivity index (χ4v) is 3.51.